The SMILES string of the molecule is CCn1ccnc1CNCc1ccccc1OCC(O)CN1CCCCC1. The summed E-state index contributed by atoms with van der Waals surface area (Å²) < 4.78 is 8.07. The summed E-state index contributed by atoms with van der Waals surface area (Å²) >= 11 is 0. The number of aliphatic hydroxyl groups is 1. The number of imidazole rings is 1. The van der Waals surface area contributed by atoms with Crippen LogP contribution in [-0.2, 0) is 19.6 Å². The van der Waals surface area contributed by atoms with Crippen LogP contribution in [0.4, 0.5) is 0 Å². The quantitative estimate of drug-likeness (QED) is 0.671. The molecule has 6 heteroatoms. The van der Waals surface area contributed by atoms with Crippen molar-refractivity contribution in [2.75, 3.05) is 26.2 Å². The number of rotatable bonds is 10. The highest BCUT2D eigenvalue weighted by Crippen LogP contribution is 2.18. The summed E-state index contributed by atoms with van der Waals surface area (Å²) in [5, 5.41) is 13.8. The maximum atomic E-state index is 10.3. The zero-order chi connectivity index (χ0) is 18.9. The summed E-state index contributed by atoms with van der Waals surface area (Å²) in [6.07, 6.45) is 7.15. The van der Waals surface area contributed by atoms with Gasteiger partial charge in [-0.3, -0.25) is 0 Å². The number of ether oxygens (including phenoxy) is 1. The zero-order valence-electron chi connectivity index (χ0n) is 16.3. The average Bonchev–Trinajstić information content (AvgIpc) is 3.15. The number of benzene rings is 1. The van der Waals surface area contributed by atoms with E-state index in [4.69, 9.17) is 4.74 Å². The van der Waals surface area contributed by atoms with Crippen molar-refractivity contribution in [3.05, 3.63) is 48.0 Å². The molecule has 1 unspecified atom stereocenters. The van der Waals surface area contributed by atoms with Gasteiger partial charge in [0.25, 0.3) is 0 Å². The number of nitrogens with one attached hydrogen (secondary N) is 1. The van der Waals surface area contributed by atoms with Crippen molar-refractivity contribution in [2.24, 2.45) is 0 Å². The van der Waals surface area contributed by atoms with Crippen molar-refractivity contribution in [3.8, 4) is 5.75 Å². The number of nitrogens with zero attached hydrogens (tertiary/aromatic N) is 3. The molecule has 0 bridgehead atoms. The number of aromatic nitrogens is 2. The van der Waals surface area contributed by atoms with E-state index in [2.05, 4.69) is 32.8 Å². The number of para-hydroxylation sites is 1. The van der Waals surface area contributed by atoms with Crippen molar-refractivity contribution in [3.63, 3.8) is 0 Å². The Labute approximate surface area is 162 Å². The first kappa shape index (κ1) is 19.9. The van der Waals surface area contributed by atoms with E-state index in [0.29, 0.717) is 26.2 Å². The molecule has 3 rings (SSSR count). The molecule has 1 aliphatic rings. The molecule has 1 aromatic heterocycles. The number of hydrogen-bond donors (Lipinski definition) is 2. The van der Waals surface area contributed by atoms with E-state index >= 15 is 0 Å². The second-order valence-corrected chi connectivity index (χ2v) is 7.17. The van der Waals surface area contributed by atoms with Crippen LogP contribution in [0.5, 0.6) is 5.75 Å². The first-order valence-electron chi connectivity index (χ1n) is 10.1. The summed E-state index contributed by atoms with van der Waals surface area (Å²) in [6.45, 7) is 7.65. The van der Waals surface area contributed by atoms with Crippen molar-refractivity contribution in [1.82, 2.24) is 19.8 Å². The van der Waals surface area contributed by atoms with Gasteiger partial charge < -0.3 is 24.6 Å². The summed E-state index contributed by atoms with van der Waals surface area (Å²) in [7, 11) is 0. The van der Waals surface area contributed by atoms with Crippen LogP contribution in [-0.4, -0.2) is 51.9 Å². The van der Waals surface area contributed by atoms with Crippen molar-refractivity contribution in [1.29, 1.82) is 0 Å². The number of β-amino-alcohol motifs (C(OH)–C–C–N with tert-alkyl or cyclic N) is 1. The Morgan fingerprint density at radius 3 is 2.81 bits per heavy atom. The van der Waals surface area contributed by atoms with Crippen molar-refractivity contribution in [2.45, 2.75) is 51.9 Å². The van der Waals surface area contributed by atoms with Crippen LogP contribution in [0.2, 0.25) is 0 Å². The van der Waals surface area contributed by atoms with Gasteiger partial charge in [0, 0.05) is 37.6 Å². The Balaban J connectivity index is 1.46. The predicted molar refractivity (Wildman–Crippen MR) is 107 cm³/mol. The molecule has 2 N–H and O–H groups in total. The Bertz CT molecular complexity index is 682. The van der Waals surface area contributed by atoms with Gasteiger partial charge in [-0.1, -0.05) is 24.6 Å². The fourth-order valence-electron chi connectivity index (χ4n) is 3.57. The van der Waals surface area contributed by atoms with Crippen LogP contribution < -0.4 is 10.1 Å². The number of likely N-dealkylation sites (tertiary alicyclic amines) is 1. The van der Waals surface area contributed by atoms with E-state index in [9.17, 15) is 5.11 Å². The lowest BCUT2D eigenvalue weighted by Gasteiger charge is -2.28. The molecule has 1 fully saturated rings. The van der Waals surface area contributed by atoms with Crippen LogP contribution >= 0.6 is 0 Å². The molecule has 1 aliphatic heterocycles. The molecule has 148 valence electrons. The van der Waals surface area contributed by atoms with Gasteiger partial charge in [-0.15, -0.1) is 0 Å². The van der Waals surface area contributed by atoms with Gasteiger partial charge in [-0.05, 0) is 38.9 Å². The van der Waals surface area contributed by atoms with E-state index in [-0.39, 0.29) is 0 Å². The number of aliphatic hydroxyl groups excluding tert-OH is 1. The Kier molecular flexibility index (Phi) is 7.68. The van der Waals surface area contributed by atoms with Gasteiger partial charge in [0.1, 0.15) is 24.3 Å². The molecule has 0 spiro atoms. The topological polar surface area (TPSA) is 62.6 Å². The highest BCUT2D eigenvalue weighted by atomic mass is 16.5. The van der Waals surface area contributed by atoms with Gasteiger partial charge in [0.05, 0.1) is 6.54 Å². The minimum absolute atomic E-state index is 0.327. The molecule has 0 saturated carbocycles. The first-order chi connectivity index (χ1) is 13.3. The van der Waals surface area contributed by atoms with E-state index in [1.165, 1.54) is 19.3 Å². The zero-order valence-corrected chi connectivity index (χ0v) is 16.3. The molecule has 1 aromatic carbocycles. The maximum absolute atomic E-state index is 10.3. The third kappa shape index (κ3) is 6.06. The molecule has 1 atom stereocenters. The first-order valence-corrected chi connectivity index (χ1v) is 10.1. The van der Waals surface area contributed by atoms with Crippen LogP contribution in [0.15, 0.2) is 36.7 Å². The van der Waals surface area contributed by atoms with Gasteiger partial charge >= 0.3 is 0 Å². The highest BCUT2D eigenvalue weighted by Gasteiger charge is 2.15. The van der Waals surface area contributed by atoms with Crippen molar-refractivity contribution >= 4 is 0 Å². The molecule has 2 heterocycles. The standard InChI is InChI=1S/C21H32N4O2/c1-2-25-13-10-23-21(25)15-22-14-18-8-4-5-9-20(18)27-17-19(26)16-24-11-6-3-7-12-24/h4-5,8-10,13,19,22,26H,2-3,6-7,11-12,14-17H2,1H3. The molecule has 0 radical (unpaired) electrons. The summed E-state index contributed by atoms with van der Waals surface area (Å²) in [4.78, 5) is 6.72. The predicted octanol–water partition coefficient (Wildman–Crippen LogP) is 2.42. The molecular weight excluding hydrogens is 340 g/mol. The van der Waals surface area contributed by atoms with Crippen molar-refractivity contribution < 1.29 is 9.84 Å². The Hall–Kier alpha value is -1.89. The van der Waals surface area contributed by atoms with E-state index in [0.717, 1.165) is 36.8 Å². The van der Waals surface area contributed by atoms with Crippen LogP contribution in [0, 0.1) is 0 Å². The van der Waals surface area contributed by atoms with Crippen LogP contribution in [0.25, 0.3) is 0 Å². The molecule has 1 saturated heterocycles. The number of hydrogen-bond acceptors (Lipinski definition) is 5. The normalized spacial score (nSPS) is 16.4. The number of aryl methyl sites for hydroxylation is 1. The third-order valence-electron chi connectivity index (χ3n) is 5.06. The third-order valence-corrected chi connectivity index (χ3v) is 5.06. The second-order valence-electron chi connectivity index (χ2n) is 7.17. The average molecular weight is 373 g/mol. The Morgan fingerprint density at radius 1 is 1.19 bits per heavy atom. The van der Waals surface area contributed by atoms with Gasteiger partial charge in [0.15, 0.2) is 0 Å². The highest BCUT2D eigenvalue weighted by molar-refractivity contribution is 5.33. The summed E-state index contributed by atoms with van der Waals surface area (Å²) in [5.74, 6) is 1.87. The lowest BCUT2D eigenvalue weighted by molar-refractivity contribution is 0.0614. The van der Waals surface area contributed by atoms with Gasteiger partial charge in [-0.2, -0.15) is 0 Å². The van der Waals surface area contributed by atoms with E-state index in [1.807, 2.05) is 30.6 Å². The van der Waals surface area contributed by atoms with Gasteiger partial charge in [-0.25, -0.2) is 4.98 Å². The smallest absolute Gasteiger partial charge is 0.123 e. The number of piperidine rings is 1. The lowest BCUT2D eigenvalue weighted by Crippen LogP contribution is -2.38. The fraction of sp³-hybridized carbons (Fsp3) is 0.571. The van der Waals surface area contributed by atoms with E-state index < -0.39 is 6.10 Å². The minimum atomic E-state index is -0.457. The maximum Gasteiger partial charge on any atom is 0.123 e. The molecule has 0 aliphatic carbocycles. The molecule has 27 heavy (non-hydrogen) atoms. The molecule has 0 amide bonds. The fourth-order valence-corrected chi connectivity index (χ4v) is 3.57. The van der Waals surface area contributed by atoms with Crippen LogP contribution in [0.3, 0.4) is 0 Å². The van der Waals surface area contributed by atoms with E-state index in [1.54, 1.807) is 0 Å². The molecular formula is C21H32N4O2. The summed E-state index contributed by atoms with van der Waals surface area (Å²) in [5.41, 5.74) is 1.09. The molecule has 6 nitrogen and oxygen atoms in total. The Morgan fingerprint density at radius 2 is 2.00 bits per heavy atom. The van der Waals surface area contributed by atoms with Gasteiger partial charge in [0.2, 0.25) is 0 Å². The van der Waals surface area contributed by atoms with Crippen LogP contribution in [0.1, 0.15) is 37.6 Å². The lowest BCUT2D eigenvalue weighted by atomic mass is 10.1. The minimum Gasteiger partial charge on any atom is -0.491 e. The second kappa shape index (κ2) is 10.4. The summed E-state index contributed by atoms with van der Waals surface area (Å²) in [6, 6.07) is 8.02. The molecule has 2 aromatic rings. The largest absolute Gasteiger partial charge is 0.491 e. The monoisotopic (exact) mass is 372 g/mol.